The van der Waals surface area contributed by atoms with Gasteiger partial charge in [0, 0.05) is 5.57 Å². The van der Waals surface area contributed by atoms with Gasteiger partial charge >= 0.3 is 30.0 Å². The van der Waals surface area contributed by atoms with Gasteiger partial charge in [0.2, 0.25) is 0 Å². The third-order valence-corrected chi connectivity index (χ3v) is 2.87. The Bertz CT molecular complexity index is 496. The van der Waals surface area contributed by atoms with Gasteiger partial charge in [0.25, 0.3) is 5.60 Å². The topological polar surface area (TPSA) is 55.8 Å². The number of halogens is 8. The lowest BCUT2D eigenvalue weighted by Crippen LogP contribution is -2.69. The van der Waals surface area contributed by atoms with Gasteiger partial charge < -0.3 is 14.6 Å². The van der Waals surface area contributed by atoms with Gasteiger partial charge in [-0.25, -0.2) is 4.79 Å². The van der Waals surface area contributed by atoms with Gasteiger partial charge in [-0.05, 0) is 6.92 Å². The zero-order chi connectivity index (χ0) is 17.8. The molecule has 1 saturated heterocycles. The zero-order valence-electron chi connectivity index (χ0n) is 10.6. The minimum atomic E-state index is -6.28. The Morgan fingerprint density at radius 3 is 1.91 bits per heavy atom. The second-order valence-corrected chi connectivity index (χ2v) is 4.50. The summed E-state index contributed by atoms with van der Waals surface area (Å²) in [6, 6.07) is 0. The van der Waals surface area contributed by atoms with E-state index < -0.39 is 47.8 Å². The molecule has 2 unspecified atom stereocenters. The molecule has 1 fully saturated rings. The third kappa shape index (κ3) is 2.24. The molecule has 1 heterocycles. The highest BCUT2D eigenvalue weighted by Gasteiger charge is 2.90. The first-order valence-corrected chi connectivity index (χ1v) is 5.30. The lowest BCUT2D eigenvalue weighted by molar-refractivity contribution is -0.421. The van der Waals surface area contributed by atoms with Crippen LogP contribution in [0.2, 0.25) is 0 Å². The number of rotatable bonds is 2. The second kappa shape index (κ2) is 4.78. The number of hydrogen-bond donors (Lipinski definition) is 1. The van der Waals surface area contributed by atoms with Crippen LogP contribution in [0.1, 0.15) is 6.92 Å². The molecule has 0 aromatic carbocycles. The number of hydrogen-bond acceptors (Lipinski definition) is 4. The first kappa shape index (κ1) is 18.6. The average molecular weight is 344 g/mol. The van der Waals surface area contributed by atoms with Crippen molar-refractivity contribution in [3.05, 3.63) is 12.2 Å². The summed E-state index contributed by atoms with van der Waals surface area (Å²) in [5.41, 5.74) is -5.79. The highest BCUT2D eigenvalue weighted by atomic mass is 19.4. The maximum absolute atomic E-state index is 13.8. The predicted molar refractivity (Wildman–Crippen MR) is 51.6 cm³/mol. The summed E-state index contributed by atoms with van der Waals surface area (Å²) in [4.78, 5) is 11.1. The molecule has 0 aliphatic carbocycles. The molecule has 0 saturated carbocycles. The van der Waals surface area contributed by atoms with E-state index in [1.165, 1.54) is 0 Å². The van der Waals surface area contributed by atoms with Crippen molar-refractivity contribution in [2.45, 2.75) is 36.6 Å². The fourth-order valence-electron chi connectivity index (χ4n) is 1.58. The van der Waals surface area contributed by atoms with Crippen molar-refractivity contribution in [3.8, 4) is 0 Å². The molecule has 0 spiro atoms. The third-order valence-electron chi connectivity index (χ3n) is 2.87. The van der Waals surface area contributed by atoms with Gasteiger partial charge in [0.05, 0.1) is 0 Å². The molecule has 0 bridgehead atoms. The number of aliphatic hydroxyl groups is 1. The van der Waals surface area contributed by atoms with Crippen LogP contribution in [0, 0.1) is 0 Å². The molecule has 128 valence electrons. The summed E-state index contributed by atoms with van der Waals surface area (Å²) in [7, 11) is 0. The van der Waals surface area contributed by atoms with E-state index in [1.807, 2.05) is 0 Å². The normalized spacial score (nSPS) is 31.9. The van der Waals surface area contributed by atoms with Crippen molar-refractivity contribution in [1.29, 1.82) is 0 Å². The maximum Gasteiger partial charge on any atom is 0.449 e. The molecular weight excluding hydrogens is 336 g/mol. The van der Waals surface area contributed by atoms with E-state index in [-0.39, 0.29) is 0 Å². The molecule has 1 aliphatic rings. The van der Waals surface area contributed by atoms with Gasteiger partial charge in [-0.2, -0.15) is 35.1 Å². The molecule has 0 aromatic rings. The lowest BCUT2D eigenvalue weighted by atomic mass is 9.91. The first-order valence-electron chi connectivity index (χ1n) is 5.30. The molecule has 0 aromatic heterocycles. The highest BCUT2D eigenvalue weighted by Crippen LogP contribution is 2.59. The van der Waals surface area contributed by atoms with Crippen molar-refractivity contribution in [2.75, 3.05) is 6.61 Å². The van der Waals surface area contributed by atoms with Crippen molar-refractivity contribution >= 4 is 5.97 Å². The van der Waals surface area contributed by atoms with E-state index in [4.69, 9.17) is 5.11 Å². The molecule has 0 amide bonds. The van der Waals surface area contributed by atoms with Crippen molar-refractivity contribution < 1.29 is 54.5 Å². The van der Waals surface area contributed by atoms with Gasteiger partial charge in [-0.3, -0.25) is 0 Å². The Hall–Kier alpha value is -1.43. The Kier molecular flexibility index (Phi) is 4.05. The average Bonchev–Trinajstić information content (AvgIpc) is 2.49. The Morgan fingerprint density at radius 1 is 1.18 bits per heavy atom. The van der Waals surface area contributed by atoms with Crippen LogP contribution in [-0.4, -0.2) is 47.3 Å². The van der Waals surface area contributed by atoms with Crippen molar-refractivity contribution in [2.24, 2.45) is 0 Å². The summed E-state index contributed by atoms with van der Waals surface area (Å²) >= 11 is 0. The fraction of sp³-hybridized carbons (Fsp3) is 0.700. The summed E-state index contributed by atoms with van der Waals surface area (Å²) in [5.74, 6) is -13.5. The van der Waals surface area contributed by atoms with Crippen LogP contribution in [0.5, 0.6) is 0 Å². The largest absolute Gasteiger partial charge is 0.449 e. The van der Waals surface area contributed by atoms with Crippen LogP contribution in [0.4, 0.5) is 35.1 Å². The van der Waals surface area contributed by atoms with E-state index in [2.05, 4.69) is 16.1 Å². The smallest absolute Gasteiger partial charge is 0.437 e. The molecule has 0 radical (unpaired) electrons. The van der Waals surface area contributed by atoms with E-state index >= 15 is 0 Å². The SMILES string of the molecule is C=C(C)C(=O)OC1(C(F)(F)F)COC(O)(C(F)(F)F)C1(F)F. The van der Waals surface area contributed by atoms with Crippen LogP contribution in [0.25, 0.3) is 0 Å². The van der Waals surface area contributed by atoms with Crippen LogP contribution < -0.4 is 0 Å². The van der Waals surface area contributed by atoms with Gasteiger partial charge in [0.1, 0.15) is 6.61 Å². The fourth-order valence-corrected chi connectivity index (χ4v) is 1.58. The van der Waals surface area contributed by atoms with Crippen LogP contribution in [0.3, 0.4) is 0 Å². The number of ether oxygens (including phenoxy) is 2. The monoisotopic (exact) mass is 344 g/mol. The van der Waals surface area contributed by atoms with Gasteiger partial charge in [-0.1, -0.05) is 6.58 Å². The van der Waals surface area contributed by atoms with Crippen molar-refractivity contribution in [3.63, 3.8) is 0 Å². The molecule has 22 heavy (non-hydrogen) atoms. The summed E-state index contributed by atoms with van der Waals surface area (Å²) in [6.07, 6.45) is -12.4. The molecule has 12 heteroatoms. The summed E-state index contributed by atoms with van der Waals surface area (Å²) in [6.45, 7) is 1.17. The zero-order valence-corrected chi connectivity index (χ0v) is 10.6. The molecule has 1 N–H and O–H groups in total. The standard InChI is InChI=1S/C10H8F8O4/c1-4(2)5(19)22-6(9(13,14)15)3-21-8(20,7(6,11)12)10(16,17)18/h20H,1,3H2,2H3. The minimum Gasteiger partial charge on any atom is -0.437 e. The second-order valence-electron chi connectivity index (χ2n) is 4.50. The van der Waals surface area contributed by atoms with Crippen LogP contribution in [-0.2, 0) is 14.3 Å². The number of alkyl halides is 8. The van der Waals surface area contributed by atoms with E-state index in [9.17, 15) is 39.9 Å². The lowest BCUT2D eigenvalue weighted by Gasteiger charge is -2.38. The van der Waals surface area contributed by atoms with Crippen LogP contribution >= 0.6 is 0 Å². The molecule has 1 aliphatic heterocycles. The minimum absolute atomic E-state index is 0.776. The predicted octanol–water partition coefficient (Wildman–Crippen LogP) is 2.32. The molecule has 4 nitrogen and oxygen atoms in total. The van der Waals surface area contributed by atoms with Crippen molar-refractivity contribution in [1.82, 2.24) is 0 Å². The first-order chi connectivity index (χ1) is 9.53. The highest BCUT2D eigenvalue weighted by molar-refractivity contribution is 5.87. The summed E-state index contributed by atoms with van der Waals surface area (Å²) < 4.78 is 111. The Balaban J connectivity index is 3.50. The summed E-state index contributed by atoms with van der Waals surface area (Å²) in [5, 5.41) is 8.90. The molecule has 2 atom stereocenters. The maximum atomic E-state index is 13.8. The van der Waals surface area contributed by atoms with E-state index in [1.54, 1.807) is 0 Å². The number of carbonyl (C=O) groups excluding carboxylic acids is 1. The number of carbonyl (C=O) groups is 1. The van der Waals surface area contributed by atoms with Gasteiger partial charge in [-0.15, -0.1) is 0 Å². The Labute approximate surface area is 117 Å². The quantitative estimate of drug-likeness (QED) is 0.475. The van der Waals surface area contributed by atoms with E-state index in [0.29, 0.717) is 0 Å². The van der Waals surface area contributed by atoms with E-state index in [0.717, 1.165) is 6.92 Å². The van der Waals surface area contributed by atoms with Gasteiger partial charge in [0.15, 0.2) is 0 Å². The number of esters is 1. The molecular formula is C10H8F8O4. The Morgan fingerprint density at radius 2 is 1.64 bits per heavy atom. The molecule has 1 rings (SSSR count). The van der Waals surface area contributed by atoms with Crippen LogP contribution in [0.15, 0.2) is 12.2 Å².